The average Bonchev–Trinajstić information content (AvgIpc) is 2.86. The normalized spacial score (nSPS) is 11.6. The molecule has 10 heteroatoms. The number of nitrogens with zero attached hydrogens (tertiary/aromatic N) is 4. The van der Waals surface area contributed by atoms with Gasteiger partial charge in [0.05, 0.1) is 0 Å². The van der Waals surface area contributed by atoms with Gasteiger partial charge in [-0.3, -0.25) is 0 Å². The molecular weight excluding hydrogens is 291 g/mol. The molecule has 0 amide bonds. The number of methoxy groups -OCH3 is 1. The van der Waals surface area contributed by atoms with E-state index in [0.717, 1.165) is 12.3 Å². The van der Waals surface area contributed by atoms with Crippen LogP contribution < -0.4 is 5.32 Å². The lowest BCUT2D eigenvalue weighted by atomic mass is 10.4. The maximum atomic E-state index is 12.5. The van der Waals surface area contributed by atoms with Crippen molar-refractivity contribution in [1.82, 2.24) is 20.1 Å². The molecule has 0 spiro atoms. The van der Waals surface area contributed by atoms with E-state index in [1.54, 1.807) is 0 Å². The number of hydrogen-bond donors (Lipinski definition) is 1. The van der Waals surface area contributed by atoms with Gasteiger partial charge in [0, 0.05) is 26.3 Å². The van der Waals surface area contributed by atoms with Crippen LogP contribution in [-0.2, 0) is 23.9 Å². The smallest absolute Gasteiger partial charge is 0.377 e. The van der Waals surface area contributed by atoms with E-state index in [1.165, 1.54) is 7.11 Å². The van der Waals surface area contributed by atoms with Crippen molar-refractivity contribution >= 4 is 5.95 Å². The van der Waals surface area contributed by atoms with Crippen LogP contribution in [0, 0.1) is 0 Å². The standard InChI is InChI=1S/C11H12F3N5O2/c1-20-6-8-18-9(21-19-8)3-5-16-10-15-4-2-7(17-10)11(12,13)14/h2,4H,3,5-6H2,1H3,(H,15,16,17). The van der Waals surface area contributed by atoms with Gasteiger partial charge in [-0.1, -0.05) is 5.16 Å². The molecule has 0 fully saturated rings. The van der Waals surface area contributed by atoms with Gasteiger partial charge in [0.15, 0.2) is 5.82 Å². The van der Waals surface area contributed by atoms with Crippen LogP contribution in [0.5, 0.6) is 0 Å². The molecule has 21 heavy (non-hydrogen) atoms. The molecule has 2 aromatic heterocycles. The molecule has 0 bridgehead atoms. The van der Waals surface area contributed by atoms with Crippen LogP contribution in [0.4, 0.5) is 19.1 Å². The predicted molar refractivity (Wildman–Crippen MR) is 64.2 cm³/mol. The summed E-state index contributed by atoms with van der Waals surface area (Å²) in [6, 6.07) is 0.806. The second-order valence-corrected chi connectivity index (χ2v) is 3.98. The first-order chi connectivity index (χ1) is 9.99. The Labute approximate surface area is 117 Å². The third-order valence-electron chi connectivity index (χ3n) is 2.35. The Kier molecular flexibility index (Phi) is 4.68. The van der Waals surface area contributed by atoms with Gasteiger partial charge in [0.2, 0.25) is 11.8 Å². The highest BCUT2D eigenvalue weighted by molar-refractivity contribution is 5.26. The van der Waals surface area contributed by atoms with Crippen LogP contribution in [0.15, 0.2) is 16.8 Å². The molecule has 0 saturated heterocycles. The summed E-state index contributed by atoms with van der Waals surface area (Å²) >= 11 is 0. The van der Waals surface area contributed by atoms with E-state index < -0.39 is 11.9 Å². The van der Waals surface area contributed by atoms with Crippen molar-refractivity contribution in [3.63, 3.8) is 0 Å². The number of nitrogens with one attached hydrogen (secondary N) is 1. The monoisotopic (exact) mass is 303 g/mol. The predicted octanol–water partition coefficient (Wildman–Crippen LogP) is 1.68. The van der Waals surface area contributed by atoms with E-state index in [1.807, 2.05) is 0 Å². The Bertz CT molecular complexity index is 587. The van der Waals surface area contributed by atoms with E-state index in [2.05, 4.69) is 25.4 Å². The molecule has 7 nitrogen and oxygen atoms in total. The van der Waals surface area contributed by atoms with E-state index >= 15 is 0 Å². The number of alkyl halides is 3. The molecule has 0 unspecified atom stereocenters. The molecule has 2 rings (SSSR count). The third kappa shape index (κ3) is 4.38. The van der Waals surface area contributed by atoms with E-state index in [4.69, 9.17) is 9.26 Å². The summed E-state index contributed by atoms with van der Waals surface area (Å²) in [5.41, 5.74) is -1.000. The summed E-state index contributed by atoms with van der Waals surface area (Å²) in [6.07, 6.45) is -3.13. The molecule has 0 radical (unpaired) electrons. The lowest BCUT2D eigenvalue weighted by molar-refractivity contribution is -0.141. The minimum Gasteiger partial charge on any atom is -0.377 e. The maximum absolute atomic E-state index is 12.5. The van der Waals surface area contributed by atoms with Gasteiger partial charge in [-0.2, -0.15) is 18.2 Å². The van der Waals surface area contributed by atoms with Crippen LogP contribution in [0.25, 0.3) is 0 Å². The summed E-state index contributed by atoms with van der Waals surface area (Å²) in [4.78, 5) is 11.1. The third-order valence-corrected chi connectivity index (χ3v) is 2.35. The molecule has 1 N–H and O–H groups in total. The molecule has 2 heterocycles. The average molecular weight is 303 g/mol. The zero-order chi connectivity index (χ0) is 15.3. The molecule has 0 saturated carbocycles. The second-order valence-electron chi connectivity index (χ2n) is 3.98. The topological polar surface area (TPSA) is 86.0 Å². The highest BCUT2D eigenvalue weighted by Crippen LogP contribution is 2.27. The SMILES string of the molecule is COCc1noc(CCNc2nccc(C(F)(F)F)n2)n1. The number of halogens is 3. The van der Waals surface area contributed by atoms with Crippen molar-refractivity contribution in [2.45, 2.75) is 19.2 Å². The molecular formula is C11H12F3N5O2. The molecule has 0 aromatic carbocycles. The van der Waals surface area contributed by atoms with Crippen molar-refractivity contribution in [2.75, 3.05) is 19.0 Å². The lowest BCUT2D eigenvalue weighted by Crippen LogP contribution is -2.13. The largest absolute Gasteiger partial charge is 0.433 e. The van der Waals surface area contributed by atoms with Crippen LogP contribution in [0.3, 0.4) is 0 Å². The van der Waals surface area contributed by atoms with Gasteiger partial charge in [0.25, 0.3) is 0 Å². The van der Waals surface area contributed by atoms with Gasteiger partial charge < -0.3 is 14.6 Å². The van der Waals surface area contributed by atoms with Gasteiger partial charge >= 0.3 is 6.18 Å². The number of hydrogen-bond acceptors (Lipinski definition) is 7. The summed E-state index contributed by atoms with van der Waals surface area (Å²) < 4.78 is 47.2. The Morgan fingerprint density at radius 3 is 2.86 bits per heavy atom. The first kappa shape index (κ1) is 15.2. The molecule has 0 aliphatic heterocycles. The fourth-order valence-corrected chi connectivity index (χ4v) is 1.46. The van der Waals surface area contributed by atoms with Crippen LogP contribution in [0.2, 0.25) is 0 Å². The Balaban J connectivity index is 1.88. The van der Waals surface area contributed by atoms with Crippen LogP contribution >= 0.6 is 0 Å². The van der Waals surface area contributed by atoms with E-state index in [0.29, 0.717) is 18.1 Å². The minimum absolute atomic E-state index is 0.110. The summed E-state index contributed by atoms with van der Waals surface area (Å²) in [5, 5.41) is 6.32. The Hall–Kier alpha value is -2.23. The summed E-state index contributed by atoms with van der Waals surface area (Å²) in [5.74, 6) is 0.644. The van der Waals surface area contributed by atoms with Crippen LogP contribution in [-0.4, -0.2) is 33.8 Å². The van der Waals surface area contributed by atoms with Gasteiger partial charge in [-0.15, -0.1) is 0 Å². The summed E-state index contributed by atoms with van der Waals surface area (Å²) in [6.45, 7) is 0.490. The first-order valence-corrected chi connectivity index (χ1v) is 5.93. The highest BCUT2D eigenvalue weighted by Gasteiger charge is 2.32. The molecule has 114 valence electrons. The Morgan fingerprint density at radius 1 is 1.33 bits per heavy atom. The van der Waals surface area contributed by atoms with Crippen molar-refractivity contribution in [1.29, 1.82) is 0 Å². The molecule has 0 aliphatic rings. The molecule has 0 aliphatic carbocycles. The molecule has 0 atom stereocenters. The van der Waals surface area contributed by atoms with Gasteiger partial charge in [0.1, 0.15) is 12.3 Å². The first-order valence-electron chi connectivity index (χ1n) is 5.93. The van der Waals surface area contributed by atoms with E-state index in [9.17, 15) is 13.2 Å². The zero-order valence-corrected chi connectivity index (χ0v) is 11.0. The second kappa shape index (κ2) is 6.48. The van der Waals surface area contributed by atoms with Crippen molar-refractivity contribution in [3.8, 4) is 0 Å². The number of aromatic nitrogens is 4. The van der Waals surface area contributed by atoms with E-state index in [-0.39, 0.29) is 19.1 Å². The fraction of sp³-hybridized carbons (Fsp3) is 0.455. The number of anilines is 1. The summed E-state index contributed by atoms with van der Waals surface area (Å²) in [7, 11) is 1.50. The van der Waals surface area contributed by atoms with Gasteiger partial charge in [-0.05, 0) is 6.07 Å². The number of rotatable bonds is 6. The van der Waals surface area contributed by atoms with Crippen molar-refractivity contribution < 1.29 is 22.4 Å². The Morgan fingerprint density at radius 2 is 2.14 bits per heavy atom. The van der Waals surface area contributed by atoms with Gasteiger partial charge in [-0.25, -0.2) is 9.97 Å². The number of ether oxygens (including phenoxy) is 1. The molecule has 2 aromatic rings. The fourth-order valence-electron chi connectivity index (χ4n) is 1.46. The maximum Gasteiger partial charge on any atom is 0.433 e. The quantitative estimate of drug-likeness (QED) is 0.868. The highest BCUT2D eigenvalue weighted by atomic mass is 19.4. The lowest BCUT2D eigenvalue weighted by Gasteiger charge is -2.07. The van der Waals surface area contributed by atoms with Crippen molar-refractivity contribution in [2.24, 2.45) is 0 Å². The van der Waals surface area contributed by atoms with Crippen LogP contribution in [0.1, 0.15) is 17.4 Å². The zero-order valence-electron chi connectivity index (χ0n) is 11.0. The minimum atomic E-state index is -4.50. The van der Waals surface area contributed by atoms with Crippen molar-refractivity contribution in [3.05, 3.63) is 29.7 Å².